The lowest BCUT2D eigenvalue weighted by Crippen LogP contribution is -2.38. The molecule has 4 aromatic carbocycles. The van der Waals surface area contributed by atoms with Crippen LogP contribution in [0.2, 0.25) is 10.0 Å². The molecule has 4 aromatic rings. The first-order chi connectivity index (χ1) is 18.8. The van der Waals surface area contributed by atoms with Gasteiger partial charge in [-0.2, -0.15) is 0 Å². The van der Waals surface area contributed by atoms with Crippen molar-refractivity contribution < 1.29 is 26.0 Å². The number of amides is 1. The summed E-state index contributed by atoms with van der Waals surface area (Å²) in [5, 5.41) is 2.93. The first-order valence-corrected chi connectivity index (χ1v) is 15.3. The Morgan fingerprint density at radius 2 is 1.30 bits per heavy atom. The highest BCUT2D eigenvalue weighted by molar-refractivity contribution is 7.93. The van der Waals surface area contributed by atoms with Gasteiger partial charge >= 0.3 is 0 Å². The number of carbonyl (C=O) groups is 1. The summed E-state index contributed by atoms with van der Waals surface area (Å²) in [5.74, 6) is -1.21. The van der Waals surface area contributed by atoms with Gasteiger partial charge < -0.3 is 5.32 Å². The number of benzene rings is 4. The van der Waals surface area contributed by atoms with Crippen LogP contribution < -0.4 is 14.3 Å². The highest BCUT2D eigenvalue weighted by atomic mass is 35.5. The van der Waals surface area contributed by atoms with Crippen LogP contribution in [0.25, 0.3) is 0 Å². The fourth-order valence-electron chi connectivity index (χ4n) is 3.62. The largest absolute Gasteiger partial charge is 0.325 e. The van der Waals surface area contributed by atoms with Gasteiger partial charge in [-0.1, -0.05) is 40.9 Å². The fraction of sp³-hybridized carbons (Fsp3) is 0.0741. The summed E-state index contributed by atoms with van der Waals surface area (Å²) >= 11 is 12.2. The normalized spacial score (nSPS) is 11.6. The van der Waals surface area contributed by atoms with E-state index in [-0.39, 0.29) is 36.9 Å². The molecule has 0 fully saturated rings. The monoisotopic (exact) mass is 621 g/mol. The van der Waals surface area contributed by atoms with Crippen LogP contribution >= 0.6 is 23.2 Å². The van der Waals surface area contributed by atoms with Gasteiger partial charge in [0.15, 0.2) is 0 Å². The Labute approximate surface area is 241 Å². The molecule has 0 saturated carbocycles. The predicted octanol–water partition coefficient (Wildman–Crippen LogP) is 6.08. The topological polar surface area (TPSA) is 113 Å². The van der Waals surface area contributed by atoms with E-state index in [4.69, 9.17) is 23.2 Å². The maximum atomic E-state index is 13.5. The molecule has 0 radical (unpaired) electrons. The van der Waals surface area contributed by atoms with Gasteiger partial charge in [0, 0.05) is 21.4 Å². The van der Waals surface area contributed by atoms with Gasteiger partial charge in [-0.25, -0.2) is 21.2 Å². The summed E-state index contributed by atoms with van der Waals surface area (Å²) in [6.45, 7) is 1.19. The smallest absolute Gasteiger partial charge is 0.264 e. The fourth-order valence-corrected chi connectivity index (χ4v) is 6.59. The maximum Gasteiger partial charge on any atom is 0.264 e. The third kappa shape index (κ3) is 7.11. The van der Waals surface area contributed by atoms with Crippen LogP contribution in [-0.2, 0) is 24.8 Å². The third-order valence-corrected chi connectivity index (χ3v) is 9.20. The lowest BCUT2D eigenvalue weighted by molar-refractivity contribution is -0.114. The molecular formula is C27H22Cl2FN3O5S2. The molecule has 0 heterocycles. The number of nitrogens with one attached hydrogen (secondary N) is 2. The molecule has 0 atom stereocenters. The minimum absolute atomic E-state index is 0.0368. The number of hydrogen-bond donors (Lipinski definition) is 2. The number of aryl methyl sites for hydroxylation is 1. The SMILES string of the molecule is Cc1ccc(S(=O)(=O)N(CC(=O)Nc2ccc(S(=O)(=O)Nc3ccc(F)cc3)cc2)c2cc(Cl)cc(Cl)c2)cc1. The van der Waals surface area contributed by atoms with E-state index in [1.807, 2.05) is 6.92 Å². The van der Waals surface area contributed by atoms with Gasteiger partial charge in [0.1, 0.15) is 12.4 Å². The van der Waals surface area contributed by atoms with Crippen molar-refractivity contribution in [2.45, 2.75) is 16.7 Å². The Hall–Kier alpha value is -3.64. The van der Waals surface area contributed by atoms with E-state index in [1.165, 1.54) is 66.7 Å². The molecule has 0 saturated heterocycles. The van der Waals surface area contributed by atoms with Crippen molar-refractivity contribution in [3.8, 4) is 0 Å². The minimum atomic E-state index is -4.21. The predicted molar refractivity (Wildman–Crippen MR) is 154 cm³/mol. The standard InChI is InChI=1S/C27H22Cl2FN3O5S2/c1-18-2-10-26(11-3-18)40(37,38)33(24-15-19(28)14-20(29)16-24)17-27(34)31-22-8-12-25(13-9-22)39(35,36)32-23-6-4-21(30)5-7-23/h2-16,32H,17H2,1H3,(H,31,34). The van der Waals surface area contributed by atoms with Crippen LogP contribution in [0.4, 0.5) is 21.5 Å². The molecule has 0 aliphatic rings. The van der Waals surface area contributed by atoms with Crippen molar-refractivity contribution in [3.05, 3.63) is 112 Å². The van der Waals surface area contributed by atoms with Crippen molar-refractivity contribution >= 4 is 66.2 Å². The van der Waals surface area contributed by atoms with Crippen LogP contribution in [0.1, 0.15) is 5.56 Å². The van der Waals surface area contributed by atoms with E-state index in [2.05, 4.69) is 10.0 Å². The van der Waals surface area contributed by atoms with Crippen LogP contribution in [0.5, 0.6) is 0 Å². The van der Waals surface area contributed by atoms with Gasteiger partial charge in [-0.15, -0.1) is 0 Å². The molecule has 208 valence electrons. The van der Waals surface area contributed by atoms with Gasteiger partial charge in [0.25, 0.3) is 20.0 Å². The molecule has 1 amide bonds. The van der Waals surface area contributed by atoms with Gasteiger partial charge in [0.2, 0.25) is 5.91 Å². The number of carbonyl (C=O) groups excluding carboxylic acids is 1. The van der Waals surface area contributed by atoms with Crippen LogP contribution in [-0.4, -0.2) is 29.3 Å². The summed E-state index contributed by atoms with van der Waals surface area (Å²) in [7, 11) is -8.19. The summed E-state index contributed by atoms with van der Waals surface area (Å²) in [6, 6.07) is 20.4. The molecule has 40 heavy (non-hydrogen) atoms. The second kappa shape index (κ2) is 11.8. The van der Waals surface area contributed by atoms with E-state index in [0.717, 1.165) is 22.0 Å². The zero-order valence-electron chi connectivity index (χ0n) is 20.8. The van der Waals surface area contributed by atoms with E-state index < -0.39 is 38.3 Å². The van der Waals surface area contributed by atoms with Crippen molar-refractivity contribution in [1.82, 2.24) is 0 Å². The molecule has 2 N–H and O–H groups in total. The lowest BCUT2D eigenvalue weighted by atomic mass is 10.2. The number of halogens is 3. The van der Waals surface area contributed by atoms with Crippen molar-refractivity contribution in [3.63, 3.8) is 0 Å². The third-order valence-electron chi connectivity index (χ3n) is 5.58. The average molecular weight is 623 g/mol. The number of rotatable bonds is 9. The number of nitrogens with zero attached hydrogens (tertiary/aromatic N) is 1. The average Bonchev–Trinajstić information content (AvgIpc) is 2.88. The summed E-state index contributed by atoms with van der Waals surface area (Å²) < 4.78 is 68.7. The maximum absolute atomic E-state index is 13.5. The number of sulfonamides is 2. The molecule has 8 nitrogen and oxygen atoms in total. The van der Waals surface area contributed by atoms with E-state index in [9.17, 15) is 26.0 Å². The number of anilines is 3. The number of hydrogen-bond acceptors (Lipinski definition) is 5. The van der Waals surface area contributed by atoms with Gasteiger partial charge in [0.05, 0.1) is 15.5 Å². The minimum Gasteiger partial charge on any atom is -0.325 e. The Morgan fingerprint density at radius 1 is 0.775 bits per heavy atom. The molecule has 0 bridgehead atoms. The van der Waals surface area contributed by atoms with E-state index in [1.54, 1.807) is 12.1 Å². The summed E-state index contributed by atoms with van der Waals surface area (Å²) in [5.41, 5.74) is 1.34. The van der Waals surface area contributed by atoms with Crippen molar-refractivity contribution in [2.75, 3.05) is 20.9 Å². The Kier molecular flexibility index (Phi) is 8.69. The van der Waals surface area contributed by atoms with Crippen LogP contribution in [0.15, 0.2) is 101 Å². The summed E-state index contributed by atoms with van der Waals surface area (Å²) in [4.78, 5) is 12.9. The van der Waals surface area contributed by atoms with Crippen molar-refractivity contribution in [1.29, 1.82) is 0 Å². The molecule has 0 aliphatic carbocycles. The Balaban J connectivity index is 1.55. The summed E-state index contributed by atoms with van der Waals surface area (Å²) in [6.07, 6.45) is 0. The second-order valence-electron chi connectivity index (χ2n) is 8.64. The first kappa shape index (κ1) is 29.3. The molecule has 0 unspecified atom stereocenters. The van der Waals surface area contributed by atoms with E-state index >= 15 is 0 Å². The molecule has 13 heteroatoms. The van der Waals surface area contributed by atoms with Crippen LogP contribution in [0, 0.1) is 12.7 Å². The zero-order valence-corrected chi connectivity index (χ0v) is 24.0. The molecule has 0 aliphatic heterocycles. The molecule has 4 rings (SSSR count). The lowest BCUT2D eigenvalue weighted by Gasteiger charge is -2.24. The van der Waals surface area contributed by atoms with Gasteiger partial charge in [-0.3, -0.25) is 13.8 Å². The van der Waals surface area contributed by atoms with E-state index in [0.29, 0.717) is 0 Å². The highest BCUT2D eigenvalue weighted by Crippen LogP contribution is 2.30. The van der Waals surface area contributed by atoms with Gasteiger partial charge in [-0.05, 0) is 85.8 Å². The molecule has 0 aromatic heterocycles. The first-order valence-electron chi connectivity index (χ1n) is 11.6. The molecule has 0 spiro atoms. The highest BCUT2D eigenvalue weighted by Gasteiger charge is 2.28. The second-order valence-corrected chi connectivity index (χ2v) is 13.1. The van der Waals surface area contributed by atoms with Crippen LogP contribution in [0.3, 0.4) is 0 Å². The Morgan fingerprint density at radius 3 is 1.88 bits per heavy atom. The van der Waals surface area contributed by atoms with Crippen molar-refractivity contribution in [2.24, 2.45) is 0 Å². The molecular weight excluding hydrogens is 600 g/mol. The Bertz CT molecular complexity index is 1730. The zero-order chi connectivity index (χ0) is 29.1. The quantitative estimate of drug-likeness (QED) is 0.235.